The lowest BCUT2D eigenvalue weighted by molar-refractivity contribution is -0.153. The van der Waals surface area contributed by atoms with Gasteiger partial charge in [-0.3, -0.25) is 9.59 Å². The molecule has 1 aliphatic rings. The molecule has 1 aliphatic heterocycles. The van der Waals surface area contributed by atoms with Gasteiger partial charge in [-0.1, -0.05) is 0 Å². The fourth-order valence-electron chi connectivity index (χ4n) is 1.56. The molecule has 3 unspecified atom stereocenters. The summed E-state index contributed by atoms with van der Waals surface area (Å²) >= 11 is 0. The first-order valence-corrected chi connectivity index (χ1v) is 5.70. The van der Waals surface area contributed by atoms with Crippen molar-refractivity contribution < 1.29 is 29.7 Å². The number of β-amino-alcohol motifs (C(OH)–C–C–N with tert-alkyl or cyclic N) is 1. The smallest absolute Gasteiger partial charge is 0.328 e. The zero-order valence-electron chi connectivity index (χ0n) is 10.1. The van der Waals surface area contributed by atoms with Crippen molar-refractivity contribution in [1.29, 1.82) is 0 Å². The number of aliphatic carboxylic acids is 1. The number of aliphatic hydroxyl groups excluding tert-OH is 1. The van der Waals surface area contributed by atoms with E-state index < -0.39 is 42.1 Å². The van der Waals surface area contributed by atoms with Crippen LogP contribution in [0.25, 0.3) is 0 Å². The third-order valence-electron chi connectivity index (χ3n) is 2.97. The number of carboxylic acid groups (broad SMARTS) is 1. The molecule has 3 atom stereocenters. The third-order valence-corrected chi connectivity index (χ3v) is 2.97. The molecule has 0 aromatic rings. The highest BCUT2D eigenvalue weighted by atomic mass is 16.4. The Labute approximate surface area is 108 Å². The second-order valence-corrected chi connectivity index (χ2v) is 4.44. The average molecular weight is 275 g/mol. The van der Waals surface area contributed by atoms with Gasteiger partial charge in [0.15, 0.2) is 5.60 Å². The van der Waals surface area contributed by atoms with Gasteiger partial charge in [0.2, 0.25) is 5.91 Å². The number of nitrogens with one attached hydrogen (secondary N) is 2. The number of hydrogen-bond donors (Lipinski definition) is 6. The van der Waals surface area contributed by atoms with Crippen LogP contribution in [0, 0.1) is 0 Å². The maximum Gasteiger partial charge on any atom is 0.328 e. The van der Waals surface area contributed by atoms with E-state index in [-0.39, 0.29) is 19.4 Å². The molecule has 108 valence electrons. The Hall–Kier alpha value is -1.71. The van der Waals surface area contributed by atoms with E-state index in [9.17, 15) is 19.5 Å². The predicted molar refractivity (Wildman–Crippen MR) is 61.8 cm³/mol. The number of amides is 2. The Morgan fingerprint density at radius 3 is 2.53 bits per heavy atom. The first-order valence-electron chi connectivity index (χ1n) is 5.70. The van der Waals surface area contributed by atoms with Crippen molar-refractivity contribution in [3.05, 3.63) is 0 Å². The molecule has 9 nitrogen and oxygen atoms in total. The number of carboxylic acids is 1. The van der Waals surface area contributed by atoms with Gasteiger partial charge in [-0.05, 0) is 12.8 Å². The Bertz CT molecular complexity index is 387. The summed E-state index contributed by atoms with van der Waals surface area (Å²) in [5, 5.41) is 31.5. The maximum absolute atomic E-state index is 11.5. The van der Waals surface area contributed by atoms with Crippen LogP contribution >= 0.6 is 0 Å². The zero-order valence-corrected chi connectivity index (χ0v) is 10.1. The third kappa shape index (κ3) is 3.63. The quantitative estimate of drug-likeness (QED) is 0.263. The van der Waals surface area contributed by atoms with Crippen LogP contribution in [-0.4, -0.2) is 63.9 Å². The second-order valence-electron chi connectivity index (χ2n) is 4.44. The molecule has 1 heterocycles. The number of aliphatic hydroxyl groups is 2. The summed E-state index contributed by atoms with van der Waals surface area (Å²) in [6.07, 6.45) is 0.0256. The average Bonchev–Trinajstić information content (AvgIpc) is 2.38. The topological polar surface area (TPSA) is 162 Å². The summed E-state index contributed by atoms with van der Waals surface area (Å²) in [5.74, 6) is -2.65. The van der Waals surface area contributed by atoms with Gasteiger partial charge < -0.3 is 31.7 Å². The minimum Gasteiger partial charge on any atom is -0.480 e. The van der Waals surface area contributed by atoms with E-state index in [1.165, 1.54) is 0 Å². The summed E-state index contributed by atoms with van der Waals surface area (Å²) < 4.78 is 0. The predicted octanol–water partition coefficient (Wildman–Crippen LogP) is -3.48. The molecule has 0 aromatic heterocycles. The summed E-state index contributed by atoms with van der Waals surface area (Å²) in [5.41, 5.74) is 4.02. The highest BCUT2D eigenvalue weighted by Crippen LogP contribution is 2.19. The zero-order chi connectivity index (χ0) is 14.6. The lowest BCUT2D eigenvalue weighted by Gasteiger charge is -2.36. The lowest BCUT2D eigenvalue weighted by atomic mass is 9.88. The monoisotopic (exact) mass is 275 g/mol. The fourth-order valence-corrected chi connectivity index (χ4v) is 1.56. The van der Waals surface area contributed by atoms with Gasteiger partial charge in [0.1, 0.15) is 6.04 Å². The molecule has 0 aromatic carbocycles. The van der Waals surface area contributed by atoms with Crippen LogP contribution in [0.1, 0.15) is 12.8 Å². The van der Waals surface area contributed by atoms with Crippen molar-refractivity contribution in [1.82, 2.24) is 10.6 Å². The summed E-state index contributed by atoms with van der Waals surface area (Å²) in [6, 6.07) is -2.49. The number of hydrogen-bond acceptors (Lipinski definition) is 6. The first-order chi connectivity index (χ1) is 8.80. The molecule has 2 amide bonds. The molecule has 7 N–H and O–H groups in total. The van der Waals surface area contributed by atoms with Crippen LogP contribution in [0.4, 0.5) is 0 Å². The normalized spacial score (nSPS) is 24.9. The first kappa shape index (κ1) is 15.3. The van der Waals surface area contributed by atoms with Crippen LogP contribution in [0.3, 0.4) is 0 Å². The lowest BCUT2D eigenvalue weighted by Crippen LogP contribution is -2.65. The largest absolute Gasteiger partial charge is 0.480 e. The molecule has 0 aliphatic carbocycles. The molecular formula is C10H17N3O6. The second kappa shape index (κ2) is 5.95. The van der Waals surface area contributed by atoms with Crippen LogP contribution in [-0.2, 0) is 14.4 Å². The van der Waals surface area contributed by atoms with Gasteiger partial charge in [0, 0.05) is 0 Å². The van der Waals surface area contributed by atoms with Crippen molar-refractivity contribution in [2.24, 2.45) is 5.73 Å². The van der Waals surface area contributed by atoms with Gasteiger partial charge in [0.05, 0.1) is 19.2 Å². The van der Waals surface area contributed by atoms with Crippen LogP contribution in [0.2, 0.25) is 0 Å². The van der Waals surface area contributed by atoms with Crippen molar-refractivity contribution in [3.8, 4) is 0 Å². The van der Waals surface area contributed by atoms with E-state index in [4.69, 9.17) is 15.9 Å². The van der Waals surface area contributed by atoms with E-state index in [1.807, 2.05) is 0 Å². The van der Waals surface area contributed by atoms with Crippen LogP contribution < -0.4 is 16.4 Å². The Balaban J connectivity index is 2.40. The Morgan fingerprint density at radius 2 is 2.16 bits per heavy atom. The van der Waals surface area contributed by atoms with Crippen molar-refractivity contribution in [3.63, 3.8) is 0 Å². The van der Waals surface area contributed by atoms with Crippen molar-refractivity contribution >= 4 is 17.8 Å². The number of carbonyl (C=O) groups is 3. The SMILES string of the molecule is NC(CCC1(O)CNC1=O)C(=O)NC(CO)C(=O)O. The van der Waals surface area contributed by atoms with Gasteiger partial charge in [-0.2, -0.15) is 0 Å². The molecule has 1 rings (SSSR count). The number of nitrogens with two attached hydrogens (primary N) is 1. The van der Waals surface area contributed by atoms with Gasteiger partial charge >= 0.3 is 5.97 Å². The Kier molecular flexibility index (Phi) is 4.81. The molecule has 19 heavy (non-hydrogen) atoms. The fraction of sp³-hybridized carbons (Fsp3) is 0.700. The highest BCUT2D eigenvalue weighted by Gasteiger charge is 2.44. The molecule has 0 saturated carbocycles. The van der Waals surface area contributed by atoms with E-state index >= 15 is 0 Å². The van der Waals surface area contributed by atoms with Crippen molar-refractivity contribution in [2.75, 3.05) is 13.2 Å². The minimum absolute atomic E-state index is 0.00425. The molecule has 0 bridgehead atoms. The molecule has 1 fully saturated rings. The van der Waals surface area contributed by atoms with E-state index in [0.717, 1.165) is 0 Å². The summed E-state index contributed by atoms with van der Waals surface area (Å²) in [7, 11) is 0. The molecule has 0 spiro atoms. The van der Waals surface area contributed by atoms with Crippen LogP contribution in [0.5, 0.6) is 0 Å². The van der Waals surface area contributed by atoms with Gasteiger partial charge in [0.25, 0.3) is 5.91 Å². The number of carbonyl (C=O) groups excluding carboxylic acids is 2. The molecule has 1 saturated heterocycles. The number of β-lactam (4-membered cyclic amide) rings is 1. The van der Waals surface area contributed by atoms with E-state index in [1.54, 1.807) is 0 Å². The molecule has 9 heteroatoms. The van der Waals surface area contributed by atoms with Gasteiger partial charge in [-0.15, -0.1) is 0 Å². The molecule has 0 radical (unpaired) electrons. The van der Waals surface area contributed by atoms with Gasteiger partial charge in [-0.25, -0.2) is 4.79 Å². The van der Waals surface area contributed by atoms with E-state index in [2.05, 4.69) is 10.6 Å². The standard InChI is InChI=1S/C10H17N3O6/c11-5(1-2-10(19)4-12-9(10)18)7(15)13-6(3-14)8(16)17/h5-6,14,19H,1-4,11H2,(H,12,18)(H,13,15)(H,16,17). The van der Waals surface area contributed by atoms with E-state index in [0.29, 0.717) is 0 Å². The Morgan fingerprint density at radius 1 is 1.53 bits per heavy atom. The highest BCUT2D eigenvalue weighted by molar-refractivity contribution is 5.91. The minimum atomic E-state index is -1.50. The number of rotatable bonds is 7. The maximum atomic E-state index is 11.5. The molecular weight excluding hydrogens is 258 g/mol. The van der Waals surface area contributed by atoms with Crippen LogP contribution in [0.15, 0.2) is 0 Å². The summed E-state index contributed by atoms with van der Waals surface area (Å²) in [4.78, 5) is 33.2. The summed E-state index contributed by atoms with van der Waals surface area (Å²) in [6.45, 7) is -0.644. The van der Waals surface area contributed by atoms with Crippen molar-refractivity contribution in [2.45, 2.75) is 30.5 Å².